The second-order valence-corrected chi connectivity index (χ2v) is 5.73. The maximum Gasteiger partial charge on any atom is 0.223 e. The average Bonchev–Trinajstić information content (AvgIpc) is 2.81. The van der Waals surface area contributed by atoms with Gasteiger partial charge in [0.05, 0.1) is 5.69 Å². The fraction of sp³-hybridized carbons (Fsp3) is 0.412. The molecule has 1 heterocycles. The molecule has 3 N–H and O–H groups in total. The number of aromatic nitrogens is 2. The third-order valence-corrected chi connectivity index (χ3v) is 3.89. The van der Waals surface area contributed by atoms with Crippen molar-refractivity contribution < 1.29 is 9.90 Å². The number of phenolic OH excluding ortho intramolecular Hbond substituents is 1. The fourth-order valence-corrected chi connectivity index (χ4v) is 2.44. The Morgan fingerprint density at radius 1 is 1.32 bits per heavy atom. The molecule has 118 valence electrons. The summed E-state index contributed by atoms with van der Waals surface area (Å²) >= 11 is 0. The lowest BCUT2D eigenvalue weighted by atomic mass is 9.99. The number of hydrogen-bond acceptors (Lipinski definition) is 3. The summed E-state index contributed by atoms with van der Waals surface area (Å²) in [5.74, 6) is 0.223. The molecule has 0 radical (unpaired) electrons. The molecule has 1 unspecified atom stereocenters. The van der Waals surface area contributed by atoms with E-state index in [2.05, 4.69) is 15.5 Å². The number of carbonyl (C=O) groups is 1. The van der Waals surface area contributed by atoms with Gasteiger partial charge < -0.3 is 10.4 Å². The summed E-state index contributed by atoms with van der Waals surface area (Å²) in [7, 11) is 0. The zero-order valence-electron chi connectivity index (χ0n) is 13.3. The quantitative estimate of drug-likeness (QED) is 0.766. The van der Waals surface area contributed by atoms with Gasteiger partial charge in [0, 0.05) is 18.2 Å². The summed E-state index contributed by atoms with van der Waals surface area (Å²) in [6.45, 7) is 6.46. The first-order valence-corrected chi connectivity index (χ1v) is 7.53. The van der Waals surface area contributed by atoms with E-state index in [9.17, 15) is 9.90 Å². The highest BCUT2D eigenvalue weighted by Crippen LogP contribution is 2.15. The lowest BCUT2D eigenvalue weighted by molar-refractivity contribution is -0.124. The molecule has 2 aromatic rings. The number of H-pyrrole nitrogens is 1. The zero-order chi connectivity index (χ0) is 16.1. The predicted octanol–water partition coefficient (Wildman–Crippen LogP) is 2.27. The highest BCUT2D eigenvalue weighted by molar-refractivity contribution is 5.78. The normalized spacial score (nSPS) is 12.1. The molecule has 0 fully saturated rings. The Morgan fingerprint density at radius 3 is 2.59 bits per heavy atom. The monoisotopic (exact) mass is 301 g/mol. The van der Waals surface area contributed by atoms with Crippen LogP contribution in [0.2, 0.25) is 0 Å². The smallest absolute Gasteiger partial charge is 0.223 e. The van der Waals surface area contributed by atoms with Crippen molar-refractivity contribution in [2.45, 2.75) is 33.6 Å². The minimum atomic E-state index is -0.0881. The Morgan fingerprint density at radius 2 is 2.00 bits per heavy atom. The van der Waals surface area contributed by atoms with E-state index < -0.39 is 0 Å². The van der Waals surface area contributed by atoms with Gasteiger partial charge in [-0.25, -0.2) is 0 Å². The third-order valence-electron chi connectivity index (χ3n) is 3.89. The fourth-order valence-electron chi connectivity index (χ4n) is 2.44. The molecule has 0 aliphatic heterocycles. The summed E-state index contributed by atoms with van der Waals surface area (Å²) < 4.78 is 0. The molecule has 1 aromatic heterocycles. The van der Waals surface area contributed by atoms with Crippen LogP contribution in [0.3, 0.4) is 0 Å². The molecule has 1 aromatic carbocycles. The van der Waals surface area contributed by atoms with Gasteiger partial charge in [0.1, 0.15) is 5.75 Å². The molecule has 1 atom stereocenters. The van der Waals surface area contributed by atoms with E-state index in [1.165, 1.54) is 0 Å². The minimum absolute atomic E-state index is 0.0544. The van der Waals surface area contributed by atoms with Crippen LogP contribution >= 0.6 is 0 Å². The third kappa shape index (κ3) is 4.10. The number of nitrogens with zero attached hydrogens (tertiary/aromatic N) is 1. The van der Waals surface area contributed by atoms with Crippen LogP contribution < -0.4 is 5.32 Å². The van der Waals surface area contributed by atoms with Gasteiger partial charge in [0.25, 0.3) is 0 Å². The summed E-state index contributed by atoms with van der Waals surface area (Å²) in [5.41, 5.74) is 4.20. The number of nitrogens with one attached hydrogen (secondary N) is 2. The Balaban J connectivity index is 1.80. The van der Waals surface area contributed by atoms with Gasteiger partial charge in [-0.2, -0.15) is 5.10 Å². The topological polar surface area (TPSA) is 78.0 Å². The van der Waals surface area contributed by atoms with Crippen molar-refractivity contribution in [1.29, 1.82) is 0 Å². The van der Waals surface area contributed by atoms with Crippen molar-refractivity contribution >= 4 is 5.91 Å². The number of amides is 1. The summed E-state index contributed by atoms with van der Waals surface area (Å²) in [6.07, 6.45) is 1.45. The number of benzene rings is 1. The minimum Gasteiger partial charge on any atom is -0.508 e. The van der Waals surface area contributed by atoms with E-state index in [-0.39, 0.29) is 17.6 Å². The van der Waals surface area contributed by atoms with Crippen molar-refractivity contribution in [2.75, 3.05) is 6.54 Å². The first-order chi connectivity index (χ1) is 10.5. The van der Waals surface area contributed by atoms with E-state index in [0.717, 1.165) is 28.9 Å². The SMILES string of the molecule is Cc1n[nH]c(C)c1CC(C)C(=O)NCCc1ccc(O)cc1. The van der Waals surface area contributed by atoms with E-state index in [1.54, 1.807) is 12.1 Å². The lowest BCUT2D eigenvalue weighted by Gasteiger charge is -2.12. The first-order valence-electron chi connectivity index (χ1n) is 7.53. The molecular formula is C17H23N3O2. The van der Waals surface area contributed by atoms with Gasteiger partial charge in [0.15, 0.2) is 0 Å². The number of carbonyl (C=O) groups excluding carboxylic acids is 1. The highest BCUT2D eigenvalue weighted by atomic mass is 16.3. The Labute approximate surface area is 130 Å². The molecule has 1 amide bonds. The van der Waals surface area contributed by atoms with Gasteiger partial charge in [0.2, 0.25) is 5.91 Å². The summed E-state index contributed by atoms with van der Waals surface area (Å²) in [6, 6.07) is 7.04. The van der Waals surface area contributed by atoms with Crippen molar-refractivity contribution in [3.8, 4) is 5.75 Å². The van der Waals surface area contributed by atoms with E-state index in [4.69, 9.17) is 0 Å². The van der Waals surface area contributed by atoms with E-state index in [0.29, 0.717) is 13.0 Å². The summed E-state index contributed by atoms with van der Waals surface area (Å²) in [4.78, 5) is 12.2. The van der Waals surface area contributed by atoms with Gasteiger partial charge in [-0.3, -0.25) is 9.89 Å². The first kappa shape index (κ1) is 16.1. The second kappa shape index (κ2) is 7.11. The van der Waals surface area contributed by atoms with Crippen molar-refractivity contribution in [3.63, 3.8) is 0 Å². The standard InChI is InChI=1S/C17H23N3O2/c1-11(10-16-12(2)19-20-13(16)3)17(22)18-9-8-14-4-6-15(21)7-5-14/h4-7,11,21H,8-10H2,1-3H3,(H,18,22)(H,19,20). The van der Waals surface area contributed by atoms with Crippen LogP contribution in [-0.4, -0.2) is 27.8 Å². The maximum atomic E-state index is 12.2. The Kier molecular flexibility index (Phi) is 5.20. The predicted molar refractivity (Wildman–Crippen MR) is 85.8 cm³/mol. The van der Waals surface area contributed by atoms with Crippen molar-refractivity contribution in [3.05, 3.63) is 46.8 Å². The van der Waals surface area contributed by atoms with Gasteiger partial charge >= 0.3 is 0 Å². The molecule has 0 aliphatic carbocycles. The van der Waals surface area contributed by atoms with E-state index in [1.807, 2.05) is 32.9 Å². The number of phenols is 1. The molecule has 0 saturated heterocycles. The van der Waals surface area contributed by atoms with Crippen LogP contribution in [0.5, 0.6) is 5.75 Å². The van der Waals surface area contributed by atoms with Crippen LogP contribution in [0.25, 0.3) is 0 Å². The van der Waals surface area contributed by atoms with Gasteiger partial charge in [-0.1, -0.05) is 19.1 Å². The van der Waals surface area contributed by atoms with Crippen molar-refractivity contribution in [1.82, 2.24) is 15.5 Å². The molecule has 0 saturated carbocycles. The second-order valence-electron chi connectivity index (χ2n) is 5.73. The van der Waals surface area contributed by atoms with Crippen LogP contribution in [0, 0.1) is 19.8 Å². The van der Waals surface area contributed by atoms with Crippen molar-refractivity contribution in [2.24, 2.45) is 5.92 Å². The number of aromatic amines is 1. The van der Waals surface area contributed by atoms with Crippen LogP contribution in [0.1, 0.15) is 29.4 Å². The maximum absolute atomic E-state index is 12.2. The number of hydrogen-bond donors (Lipinski definition) is 3. The molecule has 0 bridgehead atoms. The summed E-state index contributed by atoms with van der Waals surface area (Å²) in [5, 5.41) is 19.3. The largest absolute Gasteiger partial charge is 0.508 e. The van der Waals surface area contributed by atoms with Crippen LogP contribution in [-0.2, 0) is 17.6 Å². The molecule has 0 aliphatic rings. The van der Waals surface area contributed by atoms with E-state index >= 15 is 0 Å². The Hall–Kier alpha value is -2.30. The molecule has 22 heavy (non-hydrogen) atoms. The van der Waals surface area contributed by atoms with Crippen LogP contribution in [0.15, 0.2) is 24.3 Å². The highest BCUT2D eigenvalue weighted by Gasteiger charge is 2.16. The number of rotatable bonds is 6. The number of aromatic hydroxyl groups is 1. The molecular weight excluding hydrogens is 278 g/mol. The Bertz CT molecular complexity index is 612. The van der Waals surface area contributed by atoms with Gasteiger partial charge in [-0.05, 0) is 49.9 Å². The number of aryl methyl sites for hydroxylation is 2. The molecule has 2 rings (SSSR count). The average molecular weight is 301 g/mol. The molecule has 5 nitrogen and oxygen atoms in total. The van der Waals surface area contributed by atoms with Gasteiger partial charge in [-0.15, -0.1) is 0 Å². The zero-order valence-corrected chi connectivity index (χ0v) is 13.3. The molecule has 0 spiro atoms. The molecule has 5 heteroatoms. The van der Waals surface area contributed by atoms with Crippen LogP contribution in [0.4, 0.5) is 0 Å². The lowest BCUT2D eigenvalue weighted by Crippen LogP contribution is -2.32.